The van der Waals surface area contributed by atoms with Gasteiger partial charge in [0.05, 0.1) is 15.2 Å². The first-order valence-electron chi connectivity index (χ1n) is 5.30. The Balaban J connectivity index is 2.57. The number of hydrogen-bond donors (Lipinski definition) is 1. The van der Waals surface area contributed by atoms with Gasteiger partial charge in [-0.2, -0.15) is 0 Å². The minimum atomic E-state index is 0.447. The second kappa shape index (κ2) is 5.55. The van der Waals surface area contributed by atoms with E-state index in [1.54, 1.807) is 6.07 Å². The van der Waals surface area contributed by atoms with Crippen molar-refractivity contribution in [3.63, 3.8) is 0 Å². The van der Waals surface area contributed by atoms with Gasteiger partial charge in [0.2, 0.25) is 0 Å². The molecule has 0 saturated heterocycles. The largest absolute Gasteiger partial charge is 0.383 e. The van der Waals surface area contributed by atoms with Gasteiger partial charge in [0.25, 0.3) is 0 Å². The topological polar surface area (TPSA) is 51.8 Å². The number of hydrogen-bond acceptors (Lipinski definition) is 3. The van der Waals surface area contributed by atoms with Crippen molar-refractivity contribution in [2.24, 2.45) is 0 Å². The molecule has 94 valence electrons. The highest BCUT2D eigenvalue weighted by molar-refractivity contribution is 9.11. The lowest BCUT2D eigenvalue weighted by atomic mass is 10.2. The van der Waals surface area contributed by atoms with E-state index in [-0.39, 0.29) is 0 Å². The van der Waals surface area contributed by atoms with E-state index in [1.165, 1.54) is 0 Å². The third-order valence-corrected chi connectivity index (χ3v) is 4.54. The van der Waals surface area contributed by atoms with Crippen molar-refractivity contribution < 1.29 is 0 Å². The molecule has 0 fully saturated rings. The van der Waals surface area contributed by atoms with E-state index in [0.29, 0.717) is 16.7 Å². The number of benzene rings is 1. The standard InChI is InChI=1S/C12H10Br2ClN3/c1-2-9-10(14)11(16)18-12(17-9)6-3-4-8(15)7(13)5-6/h3-5H,2H2,1H3,(H2,16,17,18). The molecule has 2 rings (SSSR count). The van der Waals surface area contributed by atoms with Crippen LogP contribution in [0.25, 0.3) is 11.4 Å². The molecule has 3 nitrogen and oxygen atoms in total. The van der Waals surface area contributed by atoms with Crippen LogP contribution in [-0.2, 0) is 6.42 Å². The Morgan fingerprint density at radius 2 is 2.00 bits per heavy atom. The minimum absolute atomic E-state index is 0.447. The average Bonchev–Trinajstić information content (AvgIpc) is 2.36. The molecular weight excluding hydrogens is 381 g/mol. The van der Waals surface area contributed by atoms with Crippen LogP contribution in [0.4, 0.5) is 5.82 Å². The Hall–Kier alpha value is -0.650. The van der Waals surface area contributed by atoms with Gasteiger partial charge in [-0.1, -0.05) is 18.5 Å². The number of nitrogens with two attached hydrogens (primary N) is 1. The Kier molecular flexibility index (Phi) is 4.25. The van der Waals surface area contributed by atoms with Crippen LogP contribution in [0.3, 0.4) is 0 Å². The Morgan fingerprint density at radius 3 is 2.61 bits per heavy atom. The zero-order valence-electron chi connectivity index (χ0n) is 9.54. The zero-order chi connectivity index (χ0) is 13.3. The molecule has 0 saturated carbocycles. The first-order chi connectivity index (χ1) is 8.52. The maximum absolute atomic E-state index is 5.96. The van der Waals surface area contributed by atoms with E-state index in [9.17, 15) is 0 Å². The smallest absolute Gasteiger partial charge is 0.161 e. The summed E-state index contributed by atoms with van der Waals surface area (Å²) in [6.07, 6.45) is 0.787. The van der Waals surface area contributed by atoms with Crippen LogP contribution < -0.4 is 5.73 Å². The molecule has 0 aliphatic carbocycles. The van der Waals surface area contributed by atoms with Crippen molar-refractivity contribution in [3.05, 3.63) is 37.9 Å². The maximum Gasteiger partial charge on any atom is 0.161 e. The average molecular weight is 391 g/mol. The van der Waals surface area contributed by atoms with E-state index >= 15 is 0 Å². The van der Waals surface area contributed by atoms with Crippen LogP contribution in [0.2, 0.25) is 5.02 Å². The van der Waals surface area contributed by atoms with Crippen molar-refractivity contribution in [2.45, 2.75) is 13.3 Å². The monoisotopic (exact) mass is 389 g/mol. The first-order valence-corrected chi connectivity index (χ1v) is 7.26. The predicted octanol–water partition coefficient (Wildman–Crippen LogP) is 4.47. The molecule has 1 aromatic heterocycles. The molecule has 0 bridgehead atoms. The van der Waals surface area contributed by atoms with Crippen molar-refractivity contribution in [3.8, 4) is 11.4 Å². The van der Waals surface area contributed by atoms with Crippen molar-refractivity contribution in [2.75, 3.05) is 5.73 Å². The zero-order valence-corrected chi connectivity index (χ0v) is 13.5. The molecule has 0 unspecified atom stereocenters. The fourth-order valence-corrected chi connectivity index (χ4v) is 2.47. The second-order valence-electron chi connectivity index (χ2n) is 3.68. The summed E-state index contributed by atoms with van der Waals surface area (Å²) < 4.78 is 1.58. The lowest BCUT2D eigenvalue weighted by Gasteiger charge is -2.08. The summed E-state index contributed by atoms with van der Waals surface area (Å²) in [6, 6.07) is 5.55. The van der Waals surface area contributed by atoms with Gasteiger partial charge in [0, 0.05) is 10.0 Å². The molecule has 0 atom stereocenters. The van der Waals surface area contributed by atoms with Gasteiger partial charge < -0.3 is 5.73 Å². The molecule has 2 aromatic rings. The predicted molar refractivity (Wildman–Crippen MR) is 81.7 cm³/mol. The van der Waals surface area contributed by atoms with Crippen LogP contribution in [0, 0.1) is 0 Å². The quantitative estimate of drug-likeness (QED) is 0.822. The normalized spacial score (nSPS) is 10.7. The van der Waals surface area contributed by atoms with Gasteiger partial charge in [-0.05, 0) is 56.5 Å². The van der Waals surface area contributed by atoms with Gasteiger partial charge in [0.15, 0.2) is 5.82 Å². The molecule has 0 aliphatic heterocycles. The highest BCUT2D eigenvalue weighted by Gasteiger charge is 2.11. The molecule has 0 radical (unpaired) electrons. The number of nitrogen functional groups attached to an aromatic ring is 1. The van der Waals surface area contributed by atoms with E-state index in [4.69, 9.17) is 17.3 Å². The molecule has 0 aliphatic rings. The molecular formula is C12H10Br2ClN3. The molecule has 18 heavy (non-hydrogen) atoms. The number of rotatable bonds is 2. The van der Waals surface area contributed by atoms with Gasteiger partial charge in [-0.15, -0.1) is 0 Å². The molecule has 2 N–H and O–H groups in total. The van der Waals surface area contributed by atoms with E-state index in [1.807, 2.05) is 19.1 Å². The molecule has 0 amide bonds. The molecule has 1 heterocycles. The van der Waals surface area contributed by atoms with E-state index in [2.05, 4.69) is 41.8 Å². The number of aromatic nitrogens is 2. The Morgan fingerprint density at radius 1 is 1.28 bits per heavy atom. The van der Waals surface area contributed by atoms with Crippen LogP contribution >= 0.6 is 43.5 Å². The summed E-state index contributed by atoms with van der Waals surface area (Å²) in [5, 5.41) is 0.652. The highest BCUT2D eigenvalue weighted by atomic mass is 79.9. The Labute approximate surface area is 127 Å². The number of aryl methyl sites for hydroxylation is 1. The van der Waals surface area contributed by atoms with Crippen LogP contribution in [0.1, 0.15) is 12.6 Å². The molecule has 0 spiro atoms. The fraction of sp³-hybridized carbons (Fsp3) is 0.167. The van der Waals surface area contributed by atoms with E-state index < -0.39 is 0 Å². The van der Waals surface area contributed by atoms with Gasteiger partial charge >= 0.3 is 0 Å². The molecule has 6 heteroatoms. The fourth-order valence-electron chi connectivity index (χ4n) is 1.51. The maximum atomic E-state index is 5.96. The summed E-state index contributed by atoms with van der Waals surface area (Å²) in [4.78, 5) is 8.77. The van der Waals surface area contributed by atoms with Crippen LogP contribution in [0.5, 0.6) is 0 Å². The third-order valence-electron chi connectivity index (χ3n) is 2.46. The van der Waals surface area contributed by atoms with Gasteiger partial charge in [-0.3, -0.25) is 0 Å². The van der Waals surface area contributed by atoms with Gasteiger partial charge in [0.1, 0.15) is 5.82 Å². The lowest BCUT2D eigenvalue weighted by molar-refractivity contribution is 0.995. The summed E-state index contributed by atoms with van der Waals surface area (Å²) in [7, 11) is 0. The lowest BCUT2D eigenvalue weighted by Crippen LogP contribution is -2.02. The summed E-state index contributed by atoms with van der Waals surface area (Å²) in [5.74, 6) is 1.05. The Bertz CT molecular complexity index is 602. The molecule has 1 aromatic carbocycles. The summed E-state index contributed by atoms with van der Waals surface area (Å²) in [5.41, 5.74) is 7.63. The SMILES string of the molecule is CCc1nc(-c2ccc(Cl)c(Br)c2)nc(N)c1Br. The number of nitrogens with zero attached hydrogens (tertiary/aromatic N) is 2. The van der Waals surface area contributed by atoms with Crippen LogP contribution in [-0.4, -0.2) is 9.97 Å². The minimum Gasteiger partial charge on any atom is -0.383 e. The highest BCUT2D eigenvalue weighted by Crippen LogP contribution is 2.29. The van der Waals surface area contributed by atoms with Crippen molar-refractivity contribution >= 4 is 49.3 Å². The van der Waals surface area contributed by atoms with Crippen molar-refractivity contribution in [1.29, 1.82) is 0 Å². The van der Waals surface area contributed by atoms with Crippen LogP contribution in [0.15, 0.2) is 27.1 Å². The van der Waals surface area contributed by atoms with Gasteiger partial charge in [-0.25, -0.2) is 9.97 Å². The third kappa shape index (κ3) is 2.68. The second-order valence-corrected chi connectivity index (χ2v) is 5.73. The van der Waals surface area contributed by atoms with E-state index in [0.717, 1.165) is 26.6 Å². The summed E-state index contributed by atoms with van der Waals surface area (Å²) in [6.45, 7) is 2.02. The van der Waals surface area contributed by atoms with Crippen molar-refractivity contribution in [1.82, 2.24) is 9.97 Å². The summed E-state index contributed by atoms with van der Waals surface area (Å²) >= 11 is 12.7. The number of anilines is 1. The first kappa shape index (κ1) is 13.8. The number of halogens is 3.